The molecule has 1 heterocycles. The summed E-state index contributed by atoms with van der Waals surface area (Å²) in [5, 5.41) is 13.0. The molecule has 0 spiro atoms. The number of carbonyl (C=O) groups excluding carboxylic acids is 3. The first-order chi connectivity index (χ1) is 13.0. The predicted octanol–water partition coefficient (Wildman–Crippen LogP) is 1.63. The molecule has 1 amide bonds. The van der Waals surface area contributed by atoms with Gasteiger partial charge in [-0.2, -0.15) is 11.8 Å². The van der Waals surface area contributed by atoms with Crippen LogP contribution in [0.4, 0.5) is 0 Å². The van der Waals surface area contributed by atoms with Crippen LogP contribution in [0, 0.1) is 0 Å². The number of amides is 1. The number of hydrogen-bond acceptors (Lipinski definition) is 8. The van der Waals surface area contributed by atoms with Crippen molar-refractivity contribution in [1.29, 1.82) is 0 Å². The highest BCUT2D eigenvalue weighted by molar-refractivity contribution is 7.98. The maximum atomic E-state index is 12.4. The average Bonchev–Trinajstić information content (AvgIpc) is 2.66. The standard InChI is InChI=1S/C18H23NO7S/c1-24-11-7-12-13(15(20)8-11)9-27-10-14(18(23)25-2)19-16(21)5-3-4-6-26-17(12)22/h7-8,14,20H,3-6,9-10H2,1-2H3,(H,19,21)/t14-/m0/s1. The highest BCUT2D eigenvalue weighted by Crippen LogP contribution is 2.32. The summed E-state index contributed by atoms with van der Waals surface area (Å²) in [6.07, 6.45) is 1.24. The lowest BCUT2D eigenvalue weighted by Gasteiger charge is -2.18. The van der Waals surface area contributed by atoms with Gasteiger partial charge in [0.2, 0.25) is 5.91 Å². The van der Waals surface area contributed by atoms with E-state index in [0.29, 0.717) is 24.2 Å². The number of fused-ring (bicyclic) bond motifs is 1. The van der Waals surface area contributed by atoms with Gasteiger partial charge in [-0.05, 0) is 18.9 Å². The van der Waals surface area contributed by atoms with Crippen molar-refractivity contribution in [2.75, 3.05) is 26.6 Å². The van der Waals surface area contributed by atoms with Crippen molar-refractivity contribution < 1.29 is 33.7 Å². The highest BCUT2D eigenvalue weighted by Gasteiger charge is 2.24. The van der Waals surface area contributed by atoms with Crippen molar-refractivity contribution in [3.05, 3.63) is 23.3 Å². The SMILES string of the molecule is COC(=O)[C@@H]1CSCc2c(O)cc(OC)cc2C(=O)OCCCCC(=O)N1. The zero-order valence-electron chi connectivity index (χ0n) is 15.3. The second-order valence-corrected chi connectivity index (χ2v) is 6.95. The van der Waals surface area contributed by atoms with E-state index in [-0.39, 0.29) is 41.8 Å². The van der Waals surface area contributed by atoms with Crippen LogP contribution in [-0.2, 0) is 24.8 Å². The molecule has 0 aromatic heterocycles. The number of methoxy groups -OCH3 is 2. The van der Waals surface area contributed by atoms with Crippen molar-refractivity contribution in [2.24, 2.45) is 0 Å². The van der Waals surface area contributed by atoms with E-state index in [1.54, 1.807) is 0 Å². The Bertz CT molecular complexity index is 707. The molecule has 9 heteroatoms. The van der Waals surface area contributed by atoms with Crippen LogP contribution in [0.15, 0.2) is 12.1 Å². The van der Waals surface area contributed by atoms with E-state index in [9.17, 15) is 19.5 Å². The molecule has 148 valence electrons. The quantitative estimate of drug-likeness (QED) is 0.725. The van der Waals surface area contributed by atoms with Gasteiger partial charge in [-0.3, -0.25) is 4.79 Å². The fourth-order valence-corrected chi connectivity index (χ4v) is 3.65. The van der Waals surface area contributed by atoms with Gasteiger partial charge in [-0.1, -0.05) is 0 Å². The third-order valence-electron chi connectivity index (χ3n) is 4.04. The van der Waals surface area contributed by atoms with Crippen LogP contribution in [0.1, 0.15) is 35.2 Å². The Morgan fingerprint density at radius 1 is 1.30 bits per heavy atom. The summed E-state index contributed by atoms with van der Waals surface area (Å²) in [4.78, 5) is 36.3. The second-order valence-electron chi connectivity index (χ2n) is 5.92. The molecule has 0 saturated carbocycles. The summed E-state index contributed by atoms with van der Waals surface area (Å²) in [5.41, 5.74) is 0.605. The zero-order chi connectivity index (χ0) is 19.8. The molecule has 0 aliphatic carbocycles. The number of nitrogens with one attached hydrogen (secondary N) is 1. The Labute approximate surface area is 161 Å². The van der Waals surface area contributed by atoms with Crippen LogP contribution in [0.2, 0.25) is 0 Å². The van der Waals surface area contributed by atoms with Crippen LogP contribution < -0.4 is 10.1 Å². The molecule has 1 aliphatic heterocycles. The van der Waals surface area contributed by atoms with Crippen molar-refractivity contribution in [2.45, 2.75) is 31.1 Å². The van der Waals surface area contributed by atoms with Gasteiger partial charge in [0, 0.05) is 29.6 Å². The predicted molar refractivity (Wildman–Crippen MR) is 98.9 cm³/mol. The Balaban J connectivity index is 2.28. The normalized spacial score (nSPS) is 19.1. The molecular formula is C18H23NO7S. The number of thioether (sulfide) groups is 1. The Kier molecular flexibility index (Phi) is 7.78. The first kappa shape index (κ1) is 20.9. The first-order valence-electron chi connectivity index (χ1n) is 8.48. The van der Waals surface area contributed by atoms with Gasteiger partial charge < -0.3 is 24.6 Å². The zero-order valence-corrected chi connectivity index (χ0v) is 16.1. The second kappa shape index (κ2) is 10.1. The number of benzene rings is 1. The monoisotopic (exact) mass is 397 g/mol. The van der Waals surface area contributed by atoms with Crippen LogP contribution in [0.25, 0.3) is 0 Å². The molecule has 0 unspecified atom stereocenters. The van der Waals surface area contributed by atoms with E-state index >= 15 is 0 Å². The molecule has 1 aromatic carbocycles. The van der Waals surface area contributed by atoms with Crippen molar-refractivity contribution in [3.63, 3.8) is 0 Å². The summed E-state index contributed by atoms with van der Waals surface area (Å²) in [6.45, 7) is 0.150. The summed E-state index contributed by atoms with van der Waals surface area (Å²) in [7, 11) is 2.70. The van der Waals surface area contributed by atoms with E-state index in [1.807, 2.05) is 0 Å². The fraction of sp³-hybridized carbons (Fsp3) is 0.500. The van der Waals surface area contributed by atoms with E-state index < -0.39 is 18.0 Å². The van der Waals surface area contributed by atoms with Gasteiger partial charge in [-0.15, -0.1) is 0 Å². The lowest BCUT2D eigenvalue weighted by atomic mass is 10.1. The van der Waals surface area contributed by atoms with E-state index in [1.165, 1.54) is 38.1 Å². The molecule has 2 rings (SSSR count). The van der Waals surface area contributed by atoms with Crippen molar-refractivity contribution in [1.82, 2.24) is 5.32 Å². The van der Waals surface area contributed by atoms with Gasteiger partial charge in [0.15, 0.2) is 0 Å². The summed E-state index contributed by atoms with van der Waals surface area (Å²) >= 11 is 1.28. The van der Waals surface area contributed by atoms with Crippen LogP contribution >= 0.6 is 11.8 Å². The fourth-order valence-electron chi connectivity index (χ4n) is 2.57. The lowest BCUT2D eigenvalue weighted by Crippen LogP contribution is -2.43. The van der Waals surface area contributed by atoms with Crippen LogP contribution in [0.5, 0.6) is 11.5 Å². The summed E-state index contributed by atoms with van der Waals surface area (Å²) in [5.74, 6) is -0.648. The van der Waals surface area contributed by atoms with Crippen LogP contribution in [-0.4, -0.2) is 55.6 Å². The molecule has 2 N–H and O–H groups in total. The number of hydrogen-bond donors (Lipinski definition) is 2. The summed E-state index contributed by atoms with van der Waals surface area (Å²) in [6, 6.07) is 2.13. The first-order valence-corrected chi connectivity index (χ1v) is 9.63. The number of esters is 2. The molecule has 0 bridgehead atoms. The average molecular weight is 397 g/mol. The maximum absolute atomic E-state index is 12.4. The smallest absolute Gasteiger partial charge is 0.338 e. The third-order valence-corrected chi connectivity index (χ3v) is 5.10. The van der Waals surface area contributed by atoms with E-state index in [2.05, 4.69) is 5.32 Å². The number of phenols is 1. The minimum atomic E-state index is -0.800. The molecule has 0 saturated heterocycles. The topological polar surface area (TPSA) is 111 Å². The largest absolute Gasteiger partial charge is 0.507 e. The van der Waals surface area contributed by atoms with Gasteiger partial charge in [0.1, 0.15) is 17.5 Å². The molecule has 0 radical (unpaired) electrons. The van der Waals surface area contributed by atoms with Gasteiger partial charge in [-0.25, -0.2) is 9.59 Å². The van der Waals surface area contributed by atoms with Gasteiger partial charge in [0.25, 0.3) is 0 Å². The molecule has 0 fully saturated rings. The minimum absolute atomic E-state index is 0.0976. The minimum Gasteiger partial charge on any atom is -0.507 e. The maximum Gasteiger partial charge on any atom is 0.338 e. The molecular weight excluding hydrogens is 374 g/mol. The molecule has 27 heavy (non-hydrogen) atoms. The Morgan fingerprint density at radius 3 is 2.78 bits per heavy atom. The van der Waals surface area contributed by atoms with Gasteiger partial charge in [0.05, 0.1) is 26.4 Å². The van der Waals surface area contributed by atoms with Crippen LogP contribution in [0.3, 0.4) is 0 Å². The van der Waals surface area contributed by atoms with Crippen molar-refractivity contribution in [3.8, 4) is 11.5 Å². The summed E-state index contributed by atoms with van der Waals surface area (Å²) < 4.78 is 15.1. The number of rotatable bonds is 2. The molecule has 1 atom stereocenters. The number of ether oxygens (including phenoxy) is 3. The Morgan fingerprint density at radius 2 is 2.07 bits per heavy atom. The van der Waals surface area contributed by atoms with E-state index in [4.69, 9.17) is 14.2 Å². The highest BCUT2D eigenvalue weighted by atomic mass is 32.2. The number of aromatic hydroxyl groups is 1. The van der Waals surface area contributed by atoms with E-state index in [0.717, 1.165) is 0 Å². The molecule has 1 aromatic rings. The van der Waals surface area contributed by atoms with Gasteiger partial charge >= 0.3 is 11.9 Å². The molecule has 1 aliphatic rings. The van der Waals surface area contributed by atoms with Crippen molar-refractivity contribution >= 4 is 29.6 Å². The lowest BCUT2D eigenvalue weighted by molar-refractivity contribution is -0.144. The molecule has 8 nitrogen and oxygen atoms in total. The number of cyclic esters (lactones) is 1. The Hall–Kier alpha value is -2.42. The third kappa shape index (κ3) is 5.78. The number of phenolic OH excluding ortho intramolecular Hbond substituents is 1. The number of carbonyl (C=O) groups is 3.